The highest BCUT2D eigenvalue weighted by Crippen LogP contribution is 2.47. The average molecular weight is 852 g/mol. The van der Waals surface area contributed by atoms with Gasteiger partial charge in [0.1, 0.15) is 19.0 Å². The zero-order chi connectivity index (χ0) is 43.6. The second-order valence-electron chi connectivity index (χ2n) is 17.0. The number of likely N-dealkylation sites (N-methyl/N-ethyl adjacent to an activating group) is 2. The highest BCUT2D eigenvalue weighted by molar-refractivity contribution is 7.99. The van der Waals surface area contributed by atoms with Gasteiger partial charge in [-0.25, -0.2) is 0 Å². The Labute approximate surface area is 368 Å². The summed E-state index contributed by atoms with van der Waals surface area (Å²) in [6, 6.07) is 30.1. The number of fused-ring (bicyclic) bond motifs is 8. The van der Waals surface area contributed by atoms with Gasteiger partial charge in [0.05, 0.1) is 59.5 Å². The van der Waals surface area contributed by atoms with Crippen LogP contribution in [0.5, 0.6) is 17.2 Å². The molecule has 0 saturated carbocycles. The van der Waals surface area contributed by atoms with Crippen molar-refractivity contribution in [2.24, 2.45) is 0 Å². The van der Waals surface area contributed by atoms with Crippen molar-refractivity contribution in [3.8, 4) is 17.2 Å². The number of aryl methyl sites for hydroxylation is 1. The molecule has 62 heavy (non-hydrogen) atoms. The quantitative estimate of drug-likeness (QED) is 0.137. The summed E-state index contributed by atoms with van der Waals surface area (Å²) >= 11 is 1.48. The third-order valence-electron chi connectivity index (χ3n) is 13.4. The number of hydrogen-bond acceptors (Lipinski definition) is 9. The standard InChI is InChI=1S/C50H53N5O6S/c1-29-17-39-41(51(4)30(2)47-37-15-11-9-13-34(37)24-54(47)49(39)57)22-43(29)60-26-32-18-33(20-36(19-32)53(6)46(56)28-62-8)27-61-45-23-42-40(21-44(45)59-7)50(58)55-25-35-14-10-12-16-38(35)48(55)31(3)52(42)5/h9-23,30-31,47-48H,24-28H2,1-8H3/t30?,31?,47-,48-/m1/s1. The molecule has 5 aromatic rings. The van der Waals surface area contributed by atoms with Crippen molar-refractivity contribution in [3.05, 3.63) is 141 Å². The Kier molecular flexibility index (Phi) is 10.8. The van der Waals surface area contributed by atoms with Crippen LogP contribution in [0.15, 0.2) is 91.0 Å². The van der Waals surface area contributed by atoms with Gasteiger partial charge in [0.2, 0.25) is 5.91 Å². The topological polar surface area (TPSA) is 95.1 Å². The fourth-order valence-electron chi connectivity index (χ4n) is 9.81. The van der Waals surface area contributed by atoms with Crippen molar-refractivity contribution < 1.29 is 28.6 Å². The van der Waals surface area contributed by atoms with Crippen molar-refractivity contribution >= 4 is 46.5 Å². The van der Waals surface area contributed by atoms with E-state index in [0.29, 0.717) is 47.2 Å². The van der Waals surface area contributed by atoms with E-state index in [1.165, 1.54) is 34.0 Å². The number of methoxy groups -OCH3 is 1. The number of hydrogen-bond donors (Lipinski definition) is 0. The van der Waals surface area contributed by atoms with Gasteiger partial charge >= 0.3 is 0 Å². The Morgan fingerprint density at radius 1 is 0.710 bits per heavy atom. The summed E-state index contributed by atoms with van der Waals surface area (Å²) in [7, 11) is 7.44. The number of nitrogens with zero attached hydrogens (tertiary/aromatic N) is 5. The predicted molar refractivity (Wildman–Crippen MR) is 245 cm³/mol. The molecule has 4 atom stereocenters. The maximum absolute atomic E-state index is 14.2. The molecule has 320 valence electrons. The number of rotatable bonds is 10. The van der Waals surface area contributed by atoms with E-state index in [2.05, 4.69) is 55.0 Å². The molecule has 0 aromatic heterocycles. The maximum atomic E-state index is 14.2. The number of ether oxygens (including phenoxy) is 3. The summed E-state index contributed by atoms with van der Waals surface area (Å²) in [6.07, 6.45) is 1.91. The molecule has 12 heteroatoms. The summed E-state index contributed by atoms with van der Waals surface area (Å²) in [4.78, 5) is 51.6. The van der Waals surface area contributed by atoms with Crippen LogP contribution >= 0.6 is 11.8 Å². The van der Waals surface area contributed by atoms with Gasteiger partial charge in [0.25, 0.3) is 11.8 Å². The Morgan fingerprint density at radius 2 is 1.21 bits per heavy atom. The van der Waals surface area contributed by atoms with Crippen LogP contribution in [-0.4, -0.2) is 79.9 Å². The molecule has 4 heterocycles. The minimum atomic E-state index is -0.0851. The fraction of sp³-hybridized carbons (Fsp3) is 0.340. The normalized spacial score (nSPS) is 19.7. The van der Waals surface area contributed by atoms with Crippen molar-refractivity contribution in [3.63, 3.8) is 0 Å². The highest BCUT2D eigenvalue weighted by atomic mass is 32.2. The van der Waals surface area contributed by atoms with Gasteiger partial charge in [-0.1, -0.05) is 48.5 Å². The molecule has 2 unspecified atom stereocenters. The molecule has 0 saturated heterocycles. The van der Waals surface area contributed by atoms with Crippen LogP contribution in [0, 0.1) is 6.92 Å². The maximum Gasteiger partial charge on any atom is 0.256 e. The smallest absolute Gasteiger partial charge is 0.256 e. The lowest BCUT2D eigenvalue weighted by Gasteiger charge is -2.33. The Hall–Kier alpha value is -6.14. The zero-order valence-electron chi connectivity index (χ0n) is 36.6. The zero-order valence-corrected chi connectivity index (χ0v) is 37.4. The van der Waals surface area contributed by atoms with Crippen LogP contribution in [0.1, 0.15) is 85.6 Å². The predicted octanol–water partition coefficient (Wildman–Crippen LogP) is 8.56. The molecule has 0 radical (unpaired) electrons. The third kappa shape index (κ3) is 6.98. The molecular weight excluding hydrogens is 799 g/mol. The lowest BCUT2D eigenvalue weighted by molar-refractivity contribution is -0.115. The van der Waals surface area contributed by atoms with Gasteiger partial charge < -0.3 is 38.7 Å². The first-order valence-electron chi connectivity index (χ1n) is 21.1. The number of carbonyl (C=O) groups is 3. The molecule has 0 fully saturated rings. The van der Waals surface area contributed by atoms with Crippen molar-refractivity contribution in [1.82, 2.24) is 9.80 Å². The molecule has 0 aliphatic carbocycles. The summed E-state index contributed by atoms with van der Waals surface area (Å²) < 4.78 is 19.0. The minimum Gasteiger partial charge on any atom is -0.493 e. The first-order valence-corrected chi connectivity index (χ1v) is 22.5. The monoisotopic (exact) mass is 851 g/mol. The van der Waals surface area contributed by atoms with E-state index >= 15 is 0 Å². The Balaban J connectivity index is 0.988. The first kappa shape index (κ1) is 41.2. The van der Waals surface area contributed by atoms with Crippen LogP contribution in [0.25, 0.3) is 0 Å². The van der Waals surface area contributed by atoms with E-state index in [4.69, 9.17) is 14.2 Å². The molecule has 5 aromatic carbocycles. The van der Waals surface area contributed by atoms with E-state index < -0.39 is 0 Å². The third-order valence-corrected chi connectivity index (χ3v) is 13.9. The van der Waals surface area contributed by atoms with Crippen LogP contribution in [0.2, 0.25) is 0 Å². The van der Waals surface area contributed by atoms with Crippen molar-refractivity contribution in [1.29, 1.82) is 0 Å². The molecule has 9 rings (SSSR count). The van der Waals surface area contributed by atoms with E-state index in [0.717, 1.165) is 33.8 Å². The lowest BCUT2D eigenvalue weighted by atomic mass is 9.99. The van der Waals surface area contributed by atoms with E-state index in [9.17, 15) is 14.4 Å². The second-order valence-corrected chi connectivity index (χ2v) is 17.8. The molecule has 11 nitrogen and oxygen atoms in total. The number of thioether (sulfide) groups is 1. The Morgan fingerprint density at radius 3 is 1.74 bits per heavy atom. The average Bonchev–Trinajstić information content (AvgIpc) is 3.84. The van der Waals surface area contributed by atoms with Crippen LogP contribution in [-0.2, 0) is 31.1 Å². The Bertz CT molecular complexity index is 2620. The first-order chi connectivity index (χ1) is 29.9. The number of benzene rings is 5. The fourth-order valence-corrected chi connectivity index (χ4v) is 10.3. The molecule has 0 bridgehead atoms. The van der Waals surface area contributed by atoms with Crippen LogP contribution < -0.4 is 28.9 Å². The molecule has 3 amide bonds. The van der Waals surface area contributed by atoms with Gasteiger partial charge in [-0.2, -0.15) is 11.8 Å². The summed E-state index contributed by atoms with van der Waals surface area (Å²) in [6.45, 7) is 7.84. The van der Waals surface area contributed by atoms with E-state index in [1.54, 1.807) is 25.1 Å². The highest BCUT2D eigenvalue weighted by Gasteiger charge is 2.44. The number of anilines is 3. The van der Waals surface area contributed by atoms with E-state index in [-0.39, 0.29) is 55.1 Å². The molecular formula is C50H53N5O6S. The minimum absolute atomic E-state index is 0.00104. The molecule has 0 spiro atoms. The largest absolute Gasteiger partial charge is 0.493 e. The van der Waals surface area contributed by atoms with Gasteiger partial charge in [-0.05, 0) is 96.3 Å². The van der Waals surface area contributed by atoms with Gasteiger partial charge in [0.15, 0.2) is 11.5 Å². The molecule has 4 aliphatic heterocycles. The van der Waals surface area contributed by atoms with Gasteiger partial charge in [0, 0.05) is 52.1 Å². The van der Waals surface area contributed by atoms with Crippen molar-refractivity contribution in [2.45, 2.75) is 71.2 Å². The van der Waals surface area contributed by atoms with Crippen LogP contribution in [0.4, 0.5) is 17.1 Å². The summed E-state index contributed by atoms with van der Waals surface area (Å²) in [5, 5.41) is 0. The number of carbonyl (C=O) groups excluding carboxylic acids is 3. The van der Waals surface area contributed by atoms with Crippen molar-refractivity contribution in [2.75, 3.05) is 55.0 Å². The molecule has 4 aliphatic rings. The molecule has 0 N–H and O–H groups in total. The summed E-state index contributed by atoms with van der Waals surface area (Å²) in [5.41, 5.74) is 10.9. The number of amides is 3. The SMILES string of the molecule is COc1cc2c(cc1OCc1cc(COc3cc4c(cc3C)C(=O)N3Cc5ccccc5[C@H]3C(C)N4C)cc(N(C)C(=O)CSC)c1)N(C)C(C)[C@@H]1c3ccccc3CN1C2=O. The lowest BCUT2D eigenvalue weighted by Crippen LogP contribution is -2.39. The van der Waals surface area contributed by atoms with Gasteiger partial charge in [-0.3, -0.25) is 14.4 Å². The van der Waals surface area contributed by atoms with Gasteiger partial charge in [-0.15, -0.1) is 0 Å². The second kappa shape index (κ2) is 16.3. The van der Waals surface area contributed by atoms with Crippen LogP contribution in [0.3, 0.4) is 0 Å². The van der Waals surface area contributed by atoms with E-state index in [1.807, 2.05) is 90.7 Å². The summed E-state index contributed by atoms with van der Waals surface area (Å²) in [5.74, 6) is 1.95.